The van der Waals surface area contributed by atoms with Gasteiger partial charge in [-0.15, -0.1) is 0 Å². The molecule has 206 valence electrons. The molecule has 1 aliphatic heterocycles. The molecular formula is C31H41N7O. The molecule has 1 fully saturated rings. The van der Waals surface area contributed by atoms with Gasteiger partial charge in [-0.1, -0.05) is 57.4 Å². The molecule has 5 rings (SSSR count). The SMILES string of the molecule is CCc1cc2c(cc1CC)CN(c1nc(NCc3ccc(C(=O)NC)cc3)nc(NC3CCCCC3)n1)CC2. The van der Waals surface area contributed by atoms with Crippen LogP contribution < -0.4 is 20.9 Å². The number of aromatic nitrogens is 3. The summed E-state index contributed by atoms with van der Waals surface area (Å²) in [4.78, 5) is 28.7. The van der Waals surface area contributed by atoms with Crippen LogP contribution in [0.2, 0.25) is 0 Å². The van der Waals surface area contributed by atoms with Crippen molar-refractivity contribution in [2.24, 2.45) is 0 Å². The molecular weight excluding hydrogens is 486 g/mol. The summed E-state index contributed by atoms with van der Waals surface area (Å²) in [5, 5.41) is 9.67. The molecule has 8 heteroatoms. The smallest absolute Gasteiger partial charge is 0.251 e. The normalized spacial score (nSPS) is 15.5. The van der Waals surface area contributed by atoms with Gasteiger partial charge in [0.05, 0.1) is 0 Å². The molecule has 1 amide bonds. The standard InChI is InChI=1S/C31H41N7O/c1-4-22-17-25-15-16-38(20-26(25)18-23(22)5-2)31-36-29(35-30(37-31)34-27-9-7-6-8-10-27)33-19-21-11-13-24(14-12-21)28(39)32-3/h11-14,17-18,27H,4-10,15-16,19-20H2,1-3H3,(H,32,39)(H2,33,34,35,36,37). The molecule has 1 aromatic heterocycles. The van der Waals surface area contributed by atoms with Crippen molar-refractivity contribution in [2.75, 3.05) is 29.1 Å². The lowest BCUT2D eigenvalue weighted by molar-refractivity contribution is 0.0963. The van der Waals surface area contributed by atoms with Crippen molar-refractivity contribution in [2.45, 2.75) is 84.3 Å². The molecule has 8 nitrogen and oxygen atoms in total. The summed E-state index contributed by atoms with van der Waals surface area (Å²) in [5.41, 5.74) is 7.44. The van der Waals surface area contributed by atoms with E-state index in [-0.39, 0.29) is 5.91 Å². The maximum atomic E-state index is 11.9. The topological polar surface area (TPSA) is 95.1 Å². The van der Waals surface area contributed by atoms with Crippen LogP contribution in [0.3, 0.4) is 0 Å². The highest BCUT2D eigenvalue weighted by Crippen LogP contribution is 2.28. The largest absolute Gasteiger partial charge is 0.355 e. The number of amides is 1. The number of rotatable bonds is 9. The first-order chi connectivity index (χ1) is 19.1. The first-order valence-electron chi connectivity index (χ1n) is 14.5. The number of nitrogens with one attached hydrogen (secondary N) is 3. The van der Waals surface area contributed by atoms with Gasteiger partial charge in [0.1, 0.15) is 0 Å². The summed E-state index contributed by atoms with van der Waals surface area (Å²) in [5.74, 6) is 1.83. The Bertz CT molecular complexity index is 1280. The van der Waals surface area contributed by atoms with E-state index in [0.29, 0.717) is 36.0 Å². The van der Waals surface area contributed by atoms with Crippen LogP contribution in [0, 0.1) is 0 Å². The van der Waals surface area contributed by atoms with E-state index in [1.165, 1.54) is 41.5 Å². The maximum Gasteiger partial charge on any atom is 0.251 e. The van der Waals surface area contributed by atoms with Gasteiger partial charge in [0.2, 0.25) is 17.8 Å². The molecule has 0 unspecified atom stereocenters. The minimum absolute atomic E-state index is 0.0878. The van der Waals surface area contributed by atoms with Crippen molar-refractivity contribution in [1.82, 2.24) is 20.3 Å². The highest BCUT2D eigenvalue weighted by atomic mass is 16.1. The van der Waals surface area contributed by atoms with E-state index in [4.69, 9.17) is 15.0 Å². The molecule has 3 aromatic rings. The molecule has 1 aliphatic carbocycles. The third-order valence-electron chi connectivity index (χ3n) is 8.03. The number of fused-ring (bicyclic) bond motifs is 1. The third kappa shape index (κ3) is 6.49. The lowest BCUT2D eigenvalue weighted by atomic mass is 9.92. The van der Waals surface area contributed by atoms with Gasteiger partial charge >= 0.3 is 0 Å². The van der Waals surface area contributed by atoms with E-state index in [2.05, 4.69) is 46.8 Å². The molecule has 0 saturated heterocycles. The molecule has 0 spiro atoms. The zero-order valence-electron chi connectivity index (χ0n) is 23.5. The minimum atomic E-state index is -0.0878. The predicted octanol–water partition coefficient (Wildman–Crippen LogP) is 5.28. The maximum absolute atomic E-state index is 11.9. The van der Waals surface area contributed by atoms with Crippen molar-refractivity contribution in [3.05, 3.63) is 69.8 Å². The Kier molecular flexibility index (Phi) is 8.59. The fourth-order valence-corrected chi connectivity index (χ4v) is 5.72. The van der Waals surface area contributed by atoms with Crippen molar-refractivity contribution < 1.29 is 4.79 Å². The van der Waals surface area contributed by atoms with Crippen molar-refractivity contribution in [3.8, 4) is 0 Å². The van der Waals surface area contributed by atoms with Crippen LogP contribution in [-0.2, 0) is 32.4 Å². The summed E-state index contributed by atoms with van der Waals surface area (Å²) in [7, 11) is 1.64. The fraction of sp³-hybridized carbons (Fsp3) is 0.484. The second-order valence-corrected chi connectivity index (χ2v) is 10.7. The van der Waals surface area contributed by atoms with Crippen molar-refractivity contribution in [3.63, 3.8) is 0 Å². The third-order valence-corrected chi connectivity index (χ3v) is 8.03. The Labute approximate surface area is 232 Å². The van der Waals surface area contributed by atoms with Gasteiger partial charge in [-0.3, -0.25) is 4.79 Å². The zero-order chi connectivity index (χ0) is 27.2. The van der Waals surface area contributed by atoms with Crippen LogP contribution in [0.5, 0.6) is 0 Å². The molecule has 1 saturated carbocycles. The van der Waals surface area contributed by atoms with E-state index in [1.807, 2.05) is 24.3 Å². The molecule has 0 radical (unpaired) electrons. The van der Waals surface area contributed by atoms with Crippen LogP contribution in [0.4, 0.5) is 17.8 Å². The molecule has 2 heterocycles. The summed E-state index contributed by atoms with van der Waals surface area (Å²) >= 11 is 0. The van der Waals surface area contributed by atoms with E-state index in [9.17, 15) is 4.79 Å². The van der Waals surface area contributed by atoms with Gasteiger partial charge in [-0.2, -0.15) is 15.0 Å². The monoisotopic (exact) mass is 527 g/mol. The van der Waals surface area contributed by atoms with Crippen LogP contribution in [0.1, 0.15) is 84.1 Å². The number of hydrogen-bond acceptors (Lipinski definition) is 7. The number of carbonyl (C=O) groups excluding carboxylic acids is 1. The molecule has 39 heavy (non-hydrogen) atoms. The second-order valence-electron chi connectivity index (χ2n) is 10.7. The van der Waals surface area contributed by atoms with Gasteiger partial charge in [-0.25, -0.2) is 0 Å². The van der Waals surface area contributed by atoms with Gasteiger partial charge in [-0.05, 0) is 72.1 Å². The lowest BCUT2D eigenvalue weighted by Gasteiger charge is -2.30. The van der Waals surface area contributed by atoms with Crippen LogP contribution in [-0.4, -0.2) is 40.5 Å². The predicted molar refractivity (Wildman–Crippen MR) is 157 cm³/mol. The number of nitrogens with zero attached hydrogens (tertiary/aromatic N) is 4. The molecule has 2 aliphatic rings. The van der Waals surface area contributed by atoms with Crippen LogP contribution >= 0.6 is 0 Å². The number of anilines is 3. The van der Waals surface area contributed by atoms with E-state index < -0.39 is 0 Å². The highest BCUT2D eigenvalue weighted by Gasteiger charge is 2.22. The molecule has 0 bridgehead atoms. The Hall–Kier alpha value is -3.68. The first-order valence-corrected chi connectivity index (χ1v) is 14.5. The first kappa shape index (κ1) is 26.9. The number of benzene rings is 2. The van der Waals surface area contributed by atoms with E-state index >= 15 is 0 Å². The average Bonchev–Trinajstić information content (AvgIpc) is 2.99. The van der Waals surface area contributed by atoms with Gasteiger partial charge < -0.3 is 20.9 Å². The number of hydrogen-bond donors (Lipinski definition) is 3. The second kappa shape index (κ2) is 12.5. The van der Waals surface area contributed by atoms with Crippen LogP contribution in [0.15, 0.2) is 36.4 Å². The number of aryl methyl sites for hydroxylation is 2. The Morgan fingerprint density at radius 2 is 1.62 bits per heavy atom. The van der Waals surface area contributed by atoms with E-state index in [0.717, 1.165) is 50.8 Å². The van der Waals surface area contributed by atoms with Gasteiger partial charge in [0, 0.05) is 38.3 Å². The quantitative estimate of drug-likeness (QED) is 0.349. The average molecular weight is 528 g/mol. The van der Waals surface area contributed by atoms with Gasteiger partial charge in [0.25, 0.3) is 5.91 Å². The molecule has 3 N–H and O–H groups in total. The molecule has 0 atom stereocenters. The summed E-state index contributed by atoms with van der Waals surface area (Å²) < 4.78 is 0. The Balaban J connectivity index is 1.37. The van der Waals surface area contributed by atoms with E-state index in [1.54, 1.807) is 7.05 Å². The lowest BCUT2D eigenvalue weighted by Crippen LogP contribution is -2.33. The fourth-order valence-electron chi connectivity index (χ4n) is 5.72. The molecule has 2 aromatic carbocycles. The Morgan fingerprint density at radius 3 is 2.31 bits per heavy atom. The van der Waals surface area contributed by atoms with Crippen molar-refractivity contribution >= 4 is 23.8 Å². The Morgan fingerprint density at radius 1 is 0.923 bits per heavy atom. The summed E-state index contributed by atoms with van der Waals surface area (Å²) in [6, 6.07) is 12.8. The van der Waals surface area contributed by atoms with Gasteiger partial charge in [0.15, 0.2) is 0 Å². The number of carbonyl (C=O) groups is 1. The minimum Gasteiger partial charge on any atom is -0.355 e. The van der Waals surface area contributed by atoms with Crippen molar-refractivity contribution in [1.29, 1.82) is 0 Å². The zero-order valence-corrected chi connectivity index (χ0v) is 23.5. The highest BCUT2D eigenvalue weighted by molar-refractivity contribution is 5.93. The van der Waals surface area contributed by atoms with Crippen LogP contribution in [0.25, 0.3) is 0 Å². The summed E-state index contributed by atoms with van der Waals surface area (Å²) in [6.07, 6.45) is 9.21. The summed E-state index contributed by atoms with van der Waals surface area (Å²) in [6.45, 7) is 6.73.